The SMILES string of the molecule is [C-]#[N+]/C(c1cnc2cc(Cl)c(Cl)cc2n1)=c1\c2c(-c3ccc(OCCCCCCCCCCCCCCCCCCCC)cc3)n(B(c3cccc4ccccc34)c3cccc4ccccc34)/c(=C(/C#N)c3cnc4cc(Cl)c(Cl)cc4n3)c2c(-c2ccc(OCCCCCCCCCCCCCCCCCCCC)cc2)n1B(c1cccc2ccccc12)c1cccc2ccccc12. The van der Waals surface area contributed by atoms with Crippen LogP contribution < -0.4 is 42.0 Å². The van der Waals surface area contributed by atoms with Gasteiger partial charge in [-0.15, -0.1) is 0 Å². The van der Waals surface area contributed by atoms with Crippen LogP contribution in [0.15, 0.2) is 255 Å². The molecule has 16 aromatic rings. The highest BCUT2D eigenvalue weighted by Gasteiger charge is 2.40. The van der Waals surface area contributed by atoms with Crippen LogP contribution in [0.1, 0.15) is 256 Å². The first-order valence-corrected chi connectivity index (χ1v) is 51.6. The molecule has 0 atom stereocenters. The average Bonchev–Trinajstić information content (AvgIpc) is 1.51. The first-order valence-electron chi connectivity index (χ1n) is 50.1. The maximum absolute atomic E-state index is 13.3. The van der Waals surface area contributed by atoms with E-state index in [0.29, 0.717) is 83.2 Å². The van der Waals surface area contributed by atoms with E-state index in [1.807, 2.05) is 0 Å². The van der Waals surface area contributed by atoms with Gasteiger partial charge in [0.15, 0.2) is 0 Å². The molecule has 0 radical (unpaired) electrons. The Balaban J connectivity index is 0.906. The molecular formula is C118H124B2Cl4N8O2. The largest absolute Gasteiger partial charge is 0.494 e. The molecule has 0 fully saturated rings. The molecule has 0 aliphatic rings. The van der Waals surface area contributed by atoms with Crippen LogP contribution in [0, 0.1) is 17.9 Å². The number of ether oxygens (including phenoxy) is 2. The number of hydrogen-bond donors (Lipinski definition) is 0. The standard InChI is InChI=1S/C118H124B2Cl4N8O2/c1-4-6-8-10-12-14-16-18-20-22-24-26-28-30-32-34-36-46-76-133-91-72-68-89(69-73-91)115-112-113(118(114(126-3)111-84-128-107-79-103(122)105(124)81-109(107)130-111)132(115)120(100-66-50-58-87-54-40-44-62-95(87)100)101-67-51-59-88-55-41-45-63-96(88)101)116(90-70-74-92(75-71-90)134-77-47-37-35-33-31-29-27-25-23-21-19-17-15-13-11-9-7-5-2)131(117(112)97(82-125)110-83-127-106-78-102(121)104(123)80-108(106)129-110)119(98-64-48-56-85-52-38-42-60-93(85)98)99-65-49-57-86-53-39-43-61-94(86)99/h38-45,48-75,78-81,83-84H,4-37,46-47,76-77H2,1-2H3/b117-97-,118-114+. The summed E-state index contributed by atoms with van der Waals surface area (Å²) in [6.45, 7) is 14.4. The number of unbranched alkanes of at least 4 members (excludes halogenated alkanes) is 34. The highest BCUT2D eigenvalue weighted by atomic mass is 35.5. The number of benzene rings is 12. The smallest absolute Gasteiger partial charge is 0.329 e. The van der Waals surface area contributed by atoms with Gasteiger partial charge in [0.05, 0.1) is 79.2 Å². The molecule has 0 saturated heterocycles. The fourth-order valence-electron chi connectivity index (χ4n) is 20.3. The zero-order chi connectivity index (χ0) is 92.2. The second-order valence-electron chi connectivity index (χ2n) is 36.7. The molecule has 0 saturated carbocycles. The first kappa shape index (κ1) is 95.9. The number of halogens is 4. The van der Waals surface area contributed by atoms with Gasteiger partial charge in [0, 0.05) is 33.7 Å². The summed E-state index contributed by atoms with van der Waals surface area (Å²) in [6, 6.07) is 87.2. The summed E-state index contributed by atoms with van der Waals surface area (Å²) in [5, 5.41) is 24.9. The third kappa shape index (κ3) is 23.3. The van der Waals surface area contributed by atoms with Crippen LogP contribution in [-0.2, 0) is 0 Å². The van der Waals surface area contributed by atoms with Crippen molar-refractivity contribution in [2.75, 3.05) is 13.2 Å². The lowest BCUT2D eigenvalue weighted by atomic mass is 9.48. The van der Waals surface area contributed by atoms with Crippen molar-refractivity contribution >= 4 is 169 Å². The molecule has 10 nitrogen and oxygen atoms in total. The molecular weight excluding hydrogens is 1720 g/mol. The summed E-state index contributed by atoms with van der Waals surface area (Å²) in [5.41, 5.74) is 9.52. The fourth-order valence-corrected chi connectivity index (χ4v) is 21.0. The monoisotopic (exact) mass is 1850 g/mol. The maximum atomic E-state index is 13.3. The van der Waals surface area contributed by atoms with E-state index in [2.05, 4.69) is 247 Å². The Morgan fingerprint density at radius 3 is 0.933 bits per heavy atom. The van der Waals surface area contributed by atoms with E-state index in [1.54, 1.807) is 36.7 Å². The number of aromatic nitrogens is 6. The first-order chi connectivity index (χ1) is 66.1. The Bertz CT molecular complexity index is 6310. The zero-order valence-electron chi connectivity index (χ0n) is 78.2. The van der Waals surface area contributed by atoms with E-state index in [-0.39, 0.29) is 27.7 Å². The zero-order valence-corrected chi connectivity index (χ0v) is 81.2. The van der Waals surface area contributed by atoms with Crippen LogP contribution in [0.4, 0.5) is 0 Å². The van der Waals surface area contributed by atoms with Gasteiger partial charge in [-0.3, -0.25) is 15.0 Å². The van der Waals surface area contributed by atoms with Crippen LogP contribution in [-0.4, -0.2) is 55.8 Å². The van der Waals surface area contributed by atoms with Crippen LogP contribution in [0.3, 0.4) is 0 Å². The van der Waals surface area contributed by atoms with E-state index >= 15 is 0 Å². The lowest BCUT2D eigenvalue weighted by Crippen LogP contribution is -2.55. The highest BCUT2D eigenvalue weighted by Crippen LogP contribution is 2.41. The lowest BCUT2D eigenvalue weighted by Gasteiger charge is -2.26. The Morgan fingerprint density at radius 2 is 0.612 bits per heavy atom. The number of fused-ring (bicyclic) bond motifs is 7. The minimum absolute atomic E-state index is 0.174. The third-order valence-corrected chi connectivity index (χ3v) is 28.7. The van der Waals surface area contributed by atoms with Crippen molar-refractivity contribution in [2.24, 2.45) is 0 Å². The second-order valence-corrected chi connectivity index (χ2v) is 38.3. The summed E-state index contributed by atoms with van der Waals surface area (Å²) in [4.78, 5) is 26.3. The molecule has 0 spiro atoms. The Labute approximate surface area is 813 Å². The summed E-state index contributed by atoms with van der Waals surface area (Å²) < 4.78 is 18.6. The van der Waals surface area contributed by atoms with Gasteiger partial charge in [-0.1, -0.05) is 448 Å². The predicted molar refractivity (Wildman–Crippen MR) is 572 cm³/mol. The second kappa shape index (κ2) is 48.8. The molecule has 134 heavy (non-hydrogen) atoms. The van der Waals surface area contributed by atoms with Gasteiger partial charge in [0.25, 0.3) is 0 Å². The van der Waals surface area contributed by atoms with Gasteiger partial charge in [-0.05, 0) is 162 Å². The van der Waals surface area contributed by atoms with Crippen LogP contribution in [0.2, 0.25) is 20.1 Å². The van der Waals surface area contributed by atoms with E-state index in [4.69, 9.17) is 80.7 Å². The van der Waals surface area contributed by atoms with Crippen LogP contribution in [0.25, 0.3) is 115 Å². The van der Waals surface area contributed by atoms with Crippen molar-refractivity contribution in [3.05, 3.63) is 309 Å². The van der Waals surface area contributed by atoms with E-state index in [1.165, 1.54) is 205 Å². The molecule has 4 aromatic heterocycles. The molecule has 0 unspecified atom stereocenters. The number of rotatable bonds is 50. The Hall–Kier alpha value is -11.2. The van der Waals surface area contributed by atoms with Crippen molar-refractivity contribution < 1.29 is 9.47 Å². The fraction of sp³-hybridized carbons (Fsp3) is 0.339. The van der Waals surface area contributed by atoms with Crippen LogP contribution >= 0.6 is 46.4 Å². The van der Waals surface area contributed by atoms with Crippen molar-refractivity contribution in [1.29, 1.82) is 5.26 Å². The number of nitrogens with zero attached hydrogens (tertiary/aromatic N) is 8. The van der Waals surface area contributed by atoms with Gasteiger partial charge >= 0.3 is 13.7 Å². The minimum atomic E-state index is -0.783. The summed E-state index contributed by atoms with van der Waals surface area (Å²) in [5.74, 6) is 1.44. The van der Waals surface area contributed by atoms with E-state index < -0.39 is 13.7 Å². The van der Waals surface area contributed by atoms with Gasteiger partial charge in [-0.2, -0.15) is 5.26 Å². The molecule has 0 bridgehead atoms. The third-order valence-electron chi connectivity index (χ3n) is 27.3. The minimum Gasteiger partial charge on any atom is -0.494 e. The molecule has 0 aliphatic heterocycles. The molecule has 682 valence electrons. The molecule has 0 amide bonds. The summed E-state index contributed by atoms with van der Waals surface area (Å²) in [6.07, 6.45) is 50.1. The highest BCUT2D eigenvalue weighted by molar-refractivity contribution is 6.89. The van der Waals surface area contributed by atoms with Crippen molar-refractivity contribution in [3.8, 4) is 40.1 Å². The van der Waals surface area contributed by atoms with Crippen molar-refractivity contribution in [3.63, 3.8) is 0 Å². The molecule has 0 N–H and O–H groups in total. The van der Waals surface area contributed by atoms with Crippen LogP contribution in [0.5, 0.6) is 11.5 Å². The molecule has 4 heterocycles. The quantitative estimate of drug-likeness (QED) is 0.0212. The van der Waals surface area contributed by atoms with E-state index in [9.17, 15) is 11.8 Å². The molecule has 0 aliphatic carbocycles. The topological polar surface area (TPSA) is 108 Å². The molecule has 16 rings (SSSR count). The molecule has 16 heteroatoms. The normalized spacial score (nSPS) is 12.1. The molecule has 12 aromatic carbocycles. The van der Waals surface area contributed by atoms with Crippen molar-refractivity contribution in [1.82, 2.24) is 28.9 Å². The van der Waals surface area contributed by atoms with Crippen molar-refractivity contribution in [2.45, 2.75) is 245 Å². The van der Waals surface area contributed by atoms with E-state index in [0.717, 1.165) is 113 Å². The number of nitriles is 1. The lowest BCUT2D eigenvalue weighted by molar-refractivity contribution is 0.304. The summed E-state index contributed by atoms with van der Waals surface area (Å²) in [7, 11) is 0. The Kier molecular flexibility index (Phi) is 34.9. The Morgan fingerprint density at radius 1 is 0.336 bits per heavy atom. The van der Waals surface area contributed by atoms with Gasteiger partial charge < -0.3 is 18.4 Å². The number of hydrogen-bond acceptors (Lipinski definition) is 7. The summed E-state index contributed by atoms with van der Waals surface area (Å²) >= 11 is 27.8. The maximum Gasteiger partial charge on any atom is 0.329 e. The predicted octanol–water partition coefficient (Wildman–Crippen LogP) is 30.8. The van der Waals surface area contributed by atoms with Gasteiger partial charge in [-0.25, -0.2) is 9.83 Å². The van der Waals surface area contributed by atoms with Gasteiger partial charge in [0.2, 0.25) is 5.70 Å². The average molecular weight is 1850 g/mol. The van der Waals surface area contributed by atoms with Gasteiger partial charge in [0.1, 0.15) is 28.8 Å².